The predicted molar refractivity (Wildman–Crippen MR) is 140 cm³/mol. The third kappa shape index (κ3) is 4.76. The van der Waals surface area contributed by atoms with E-state index in [2.05, 4.69) is 28.8 Å². The van der Waals surface area contributed by atoms with Gasteiger partial charge in [0.25, 0.3) is 0 Å². The molecule has 7 nitrogen and oxygen atoms in total. The Morgan fingerprint density at radius 1 is 1.14 bits per heavy atom. The first kappa shape index (κ1) is 24.1. The zero-order valence-electron chi connectivity index (χ0n) is 19.3. The molecular weight excluding hydrogens is 507 g/mol. The molecule has 5 rings (SSSR count). The molecule has 1 saturated heterocycles. The summed E-state index contributed by atoms with van der Waals surface area (Å²) in [6, 6.07) is 10.5. The molecule has 10 heteroatoms. The van der Waals surface area contributed by atoms with E-state index in [1.54, 1.807) is 18.2 Å². The van der Waals surface area contributed by atoms with Gasteiger partial charge in [0.15, 0.2) is 5.13 Å². The minimum Gasteiger partial charge on any atom is -0.478 e. The highest BCUT2D eigenvalue weighted by Crippen LogP contribution is 2.39. The van der Waals surface area contributed by atoms with Crippen molar-refractivity contribution in [1.29, 1.82) is 0 Å². The number of nitrogens with zero attached hydrogens (tertiary/aromatic N) is 4. The molecule has 0 bridgehead atoms. The number of carboxylic acid groups (broad SMARTS) is 1. The molecule has 0 amide bonds. The zero-order valence-corrected chi connectivity index (χ0v) is 21.6. The molecule has 2 aromatic carbocycles. The van der Waals surface area contributed by atoms with Gasteiger partial charge in [0.2, 0.25) is 0 Å². The molecule has 1 aliphatic heterocycles. The van der Waals surface area contributed by atoms with E-state index in [0.29, 0.717) is 27.8 Å². The van der Waals surface area contributed by atoms with Crippen molar-refractivity contribution in [2.24, 2.45) is 0 Å². The number of anilines is 1. The molecule has 182 valence electrons. The SMILES string of the molecule is CC(C)c1onc(-c2c(Cl)cccc2Cl)c1CN1CCN(c2nc3ccc(C(=O)O)cc3s2)CC1. The third-order valence-corrected chi connectivity index (χ3v) is 7.90. The first-order chi connectivity index (χ1) is 16.8. The Bertz CT molecular complexity index is 1370. The number of piperazine rings is 1. The lowest BCUT2D eigenvalue weighted by atomic mass is 10.00. The second kappa shape index (κ2) is 9.78. The summed E-state index contributed by atoms with van der Waals surface area (Å²) >= 11 is 14.5. The number of aromatic carboxylic acids is 1. The lowest BCUT2D eigenvalue weighted by Gasteiger charge is -2.34. The van der Waals surface area contributed by atoms with Crippen molar-refractivity contribution in [1.82, 2.24) is 15.0 Å². The van der Waals surface area contributed by atoms with Gasteiger partial charge in [-0.1, -0.05) is 59.6 Å². The van der Waals surface area contributed by atoms with Crippen LogP contribution in [0.15, 0.2) is 40.9 Å². The summed E-state index contributed by atoms with van der Waals surface area (Å²) < 4.78 is 6.64. The van der Waals surface area contributed by atoms with E-state index in [4.69, 9.17) is 32.7 Å². The number of hydrogen-bond donors (Lipinski definition) is 1. The standard InChI is InChI=1S/C25H24Cl2N4O3S/c1-14(2)23-16(22(29-34-23)21-17(26)4-3-5-18(21)27)13-30-8-10-31(11-9-30)25-28-19-7-6-15(24(32)33)12-20(19)35-25/h3-7,12,14H,8-11,13H2,1-2H3,(H,32,33). The Morgan fingerprint density at radius 3 is 2.51 bits per heavy atom. The van der Waals surface area contributed by atoms with Gasteiger partial charge in [-0.15, -0.1) is 0 Å². The van der Waals surface area contributed by atoms with Crippen LogP contribution in [-0.2, 0) is 6.54 Å². The van der Waals surface area contributed by atoms with E-state index in [1.165, 1.54) is 11.3 Å². The van der Waals surface area contributed by atoms with Crippen LogP contribution in [0.5, 0.6) is 0 Å². The topological polar surface area (TPSA) is 82.7 Å². The van der Waals surface area contributed by atoms with Crippen molar-refractivity contribution in [3.05, 3.63) is 63.3 Å². The molecule has 3 heterocycles. The largest absolute Gasteiger partial charge is 0.478 e. The summed E-state index contributed by atoms with van der Waals surface area (Å²) in [5, 5.41) is 15.6. The Hall–Kier alpha value is -2.65. The molecular formula is C25H24Cl2N4O3S. The monoisotopic (exact) mass is 530 g/mol. The summed E-state index contributed by atoms with van der Waals surface area (Å²) in [5.41, 5.74) is 3.53. The van der Waals surface area contributed by atoms with Gasteiger partial charge in [0.1, 0.15) is 11.5 Å². The van der Waals surface area contributed by atoms with Crippen molar-refractivity contribution < 1.29 is 14.4 Å². The number of rotatable bonds is 6. The van der Waals surface area contributed by atoms with Gasteiger partial charge in [-0.05, 0) is 30.3 Å². The van der Waals surface area contributed by atoms with Gasteiger partial charge < -0.3 is 14.5 Å². The summed E-state index contributed by atoms with van der Waals surface area (Å²) in [5.74, 6) is 0.0912. The lowest BCUT2D eigenvalue weighted by molar-refractivity contribution is 0.0697. The minimum atomic E-state index is -0.928. The highest BCUT2D eigenvalue weighted by atomic mass is 35.5. The molecule has 0 spiro atoms. The highest BCUT2D eigenvalue weighted by molar-refractivity contribution is 7.22. The number of hydrogen-bond acceptors (Lipinski definition) is 7. The molecule has 4 aromatic rings. The Morgan fingerprint density at radius 2 is 1.86 bits per heavy atom. The second-order valence-electron chi connectivity index (χ2n) is 8.87. The van der Waals surface area contributed by atoms with Crippen LogP contribution in [0.4, 0.5) is 5.13 Å². The van der Waals surface area contributed by atoms with Gasteiger partial charge in [0, 0.05) is 49.8 Å². The second-order valence-corrected chi connectivity index (χ2v) is 10.7. The molecule has 0 aliphatic carbocycles. The van der Waals surface area contributed by atoms with Crippen molar-refractivity contribution in [2.45, 2.75) is 26.3 Å². The van der Waals surface area contributed by atoms with Crippen LogP contribution in [0, 0.1) is 0 Å². The zero-order chi connectivity index (χ0) is 24.7. The molecule has 1 fully saturated rings. The number of thiazole rings is 1. The fraction of sp³-hybridized carbons (Fsp3) is 0.320. The average molecular weight is 531 g/mol. The van der Waals surface area contributed by atoms with Crippen LogP contribution in [0.25, 0.3) is 21.5 Å². The van der Waals surface area contributed by atoms with Gasteiger partial charge in [-0.2, -0.15) is 0 Å². The molecule has 0 saturated carbocycles. The average Bonchev–Trinajstić information content (AvgIpc) is 3.43. The maximum atomic E-state index is 11.3. The molecule has 0 unspecified atom stereocenters. The number of benzene rings is 2. The van der Waals surface area contributed by atoms with E-state index in [0.717, 1.165) is 52.9 Å². The van der Waals surface area contributed by atoms with E-state index >= 15 is 0 Å². The van der Waals surface area contributed by atoms with Crippen molar-refractivity contribution in [2.75, 3.05) is 31.1 Å². The van der Waals surface area contributed by atoms with Crippen molar-refractivity contribution in [3.8, 4) is 11.3 Å². The molecule has 2 aromatic heterocycles. The summed E-state index contributed by atoms with van der Waals surface area (Å²) in [7, 11) is 0. The number of fused-ring (bicyclic) bond motifs is 1. The van der Waals surface area contributed by atoms with E-state index < -0.39 is 5.97 Å². The Labute approximate surface area is 216 Å². The number of carboxylic acids is 1. The third-order valence-electron chi connectivity index (χ3n) is 6.19. The van der Waals surface area contributed by atoms with Crippen LogP contribution in [-0.4, -0.2) is 52.3 Å². The number of halogens is 2. The maximum absolute atomic E-state index is 11.3. The first-order valence-electron chi connectivity index (χ1n) is 11.4. The van der Waals surface area contributed by atoms with Gasteiger partial charge in [-0.25, -0.2) is 9.78 Å². The van der Waals surface area contributed by atoms with Crippen molar-refractivity contribution >= 4 is 55.9 Å². The van der Waals surface area contributed by atoms with Crippen LogP contribution < -0.4 is 4.90 Å². The molecule has 35 heavy (non-hydrogen) atoms. The van der Waals surface area contributed by atoms with Crippen LogP contribution in [0.1, 0.15) is 41.4 Å². The fourth-order valence-corrected chi connectivity index (χ4v) is 5.98. The number of aromatic nitrogens is 2. The Kier molecular flexibility index (Phi) is 6.72. The van der Waals surface area contributed by atoms with E-state index in [-0.39, 0.29) is 11.5 Å². The number of carbonyl (C=O) groups is 1. The van der Waals surface area contributed by atoms with Gasteiger partial charge in [0.05, 0.1) is 25.8 Å². The smallest absolute Gasteiger partial charge is 0.335 e. The molecule has 1 aliphatic rings. The molecule has 1 N–H and O–H groups in total. The van der Waals surface area contributed by atoms with Gasteiger partial charge >= 0.3 is 5.97 Å². The molecule has 0 radical (unpaired) electrons. The fourth-order valence-electron chi connectivity index (χ4n) is 4.35. The van der Waals surface area contributed by atoms with Gasteiger partial charge in [-0.3, -0.25) is 4.90 Å². The highest BCUT2D eigenvalue weighted by Gasteiger charge is 2.27. The summed E-state index contributed by atoms with van der Waals surface area (Å²) in [6.45, 7) is 8.17. The van der Waals surface area contributed by atoms with Crippen LogP contribution in [0.3, 0.4) is 0 Å². The maximum Gasteiger partial charge on any atom is 0.335 e. The van der Waals surface area contributed by atoms with E-state index in [1.807, 2.05) is 18.2 Å². The minimum absolute atomic E-state index is 0.173. The predicted octanol–water partition coefficient (Wildman–Crippen LogP) is 6.40. The normalized spacial score (nSPS) is 14.8. The summed E-state index contributed by atoms with van der Waals surface area (Å²) in [6.07, 6.45) is 0. The van der Waals surface area contributed by atoms with Crippen LogP contribution in [0.2, 0.25) is 10.0 Å². The first-order valence-corrected chi connectivity index (χ1v) is 12.9. The lowest BCUT2D eigenvalue weighted by Crippen LogP contribution is -2.46. The Balaban J connectivity index is 1.34. The van der Waals surface area contributed by atoms with Crippen molar-refractivity contribution in [3.63, 3.8) is 0 Å². The summed E-state index contributed by atoms with van der Waals surface area (Å²) in [4.78, 5) is 20.6. The van der Waals surface area contributed by atoms with Crippen LogP contribution >= 0.6 is 34.5 Å². The molecule has 0 atom stereocenters. The van der Waals surface area contributed by atoms with E-state index in [9.17, 15) is 9.90 Å². The quantitative estimate of drug-likeness (QED) is 0.308.